The molecule has 0 N–H and O–H groups in total. The van der Waals surface area contributed by atoms with Gasteiger partial charge in [0.2, 0.25) is 4.96 Å². The minimum absolute atomic E-state index is 0.0490. The Bertz CT molecular complexity index is 802. The van der Waals surface area contributed by atoms with Gasteiger partial charge in [0.25, 0.3) is 0 Å². The van der Waals surface area contributed by atoms with Crippen LogP contribution in [0.5, 0.6) is 0 Å². The van der Waals surface area contributed by atoms with Crippen molar-refractivity contribution >= 4 is 16.3 Å². The molecule has 3 aromatic heterocycles. The molecule has 100 valence electrons. The Hall–Kier alpha value is -2.26. The molecule has 0 bridgehead atoms. The van der Waals surface area contributed by atoms with Gasteiger partial charge >= 0.3 is 0 Å². The number of aromatic nitrogens is 4. The molecule has 3 heterocycles. The summed E-state index contributed by atoms with van der Waals surface area (Å²) in [5, 5.41) is 14.9. The molecule has 0 aliphatic rings. The van der Waals surface area contributed by atoms with Gasteiger partial charge < -0.3 is 0 Å². The van der Waals surface area contributed by atoms with Gasteiger partial charge in [0.1, 0.15) is 16.8 Å². The lowest BCUT2D eigenvalue weighted by molar-refractivity contribution is 0.573. The van der Waals surface area contributed by atoms with Crippen LogP contribution in [0, 0.1) is 11.3 Å². The Labute approximate surface area is 120 Å². The standard InChI is InChI=1S/C14H13N5S/c1-14(2,3)12-18-19-10(7-15)11(17-13(19)20-12)9-5-4-6-16-8-9/h4-6,8H,1-3H3. The predicted molar refractivity (Wildman–Crippen MR) is 77.5 cm³/mol. The zero-order valence-corrected chi connectivity index (χ0v) is 12.3. The summed E-state index contributed by atoms with van der Waals surface area (Å²) in [6.07, 6.45) is 3.40. The van der Waals surface area contributed by atoms with Gasteiger partial charge in [0.15, 0.2) is 5.69 Å². The summed E-state index contributed by atoms with van der Waals surface area (Å²) in [7, 11) is 0. The largest absolute Gasteiger partial charge is 0.264 e. The molecule has 20 heavy (non-hydrogen) atoms. The molecule has 0 fully saturated rings. The van der Waals surface area contributed by atoms with Crippen molar-refractivity contribution in [3.8, 4) is 17.3 Å². The van der Waals surface area contributed by atoms with Crippen LogP contribution in [-0.2, 0) is 5.41 Å². The SMILES string of the molecule is CC(C)(C)c1nn2c(C#N)c(-c3cccnc3)nc2s1. The van der Waals surface area contributed by atoms with E-state index in [9.17, 15) is 5.26 Å². The maximum Gasteiger partial charge on any atom is 0.214 e. The number of nitriles is 1. The van der Waals surface area contributed by atoms with E-state index in [1.165, 1.54) is 11.3 Å². The molecule has 0 radical (unpaired) electrons. The van der Waals surface area contributed by atoms with Crippen molar-refractivity contribution in [3.63, 3.8) is 0 Å². The van der Waals surface area contributed by atoms with E-state index in [-0.39, 0.29) is 5.41 Å². The first-order valence-corrected chi connectivity index (χ1v) is 7.03. The van der Waals surface area contributed by atoms with E-state index in [1.54, 1.807) is 16.9 Å². The number of nitrogens with zero attached hydrogens (tertiary/aromatic N) is 5. The lowest BCUT2D eigenvalue weighted by atomic mass is 9.98. The fourth-order valence-corrected chi connectivity index (χ4v) is 2.81. The van der Waals surface area contributed by atoms with Gasteiger partial charge in [-0.2, -0.15) is 14.9 Å². The Morgan fingerprint density at radius 1 is 1.35 bits per heavy atom. The molecule has 0 saturated heterocycles. The van der Waals surface area contributed by atoms with Crippen LogP contribution in [0.1, 0.15) is 31.5 Å². The second-order valence-corrected chi connectivity index (χ2v) is 6.47. The van der Waals surface area contributed by atoms with Gasteiger partial charge in [0.05, 0.1) is 0 Å². The predicted octanol–water partition coefficient (Wildman–Crippen LogP) is 3.02. The molecule has 0 unspecified atom stereocenters. The smallest absolute Gasteiger partial charge is 0.214 e. The summed E-state index contributed by atoms with van der Waals surface area (Å²) in [5.74, 6) is 0. The minimum Gasteiger partial charge on any atom is -0.264 e. The highest BCUT2D eigenvalue weighted by Crippen LogP contribution is 2.31. The van der Waals surface area contributed by atoms with Crippen LogP contribution in [0.25, 0.3) is 16.2 Å². The average molecular weight is 283 g/mol. The summed E-state index contributed by atoms with van der Waals surface area (Å²) in [5.41, 5.74) is 1.88. The Balaban J connectivity index is 2.23. The van der Waals surface area contributed by atoms with Gasteiger partial charge in [-0.1, -0.05) is 32.1 Å². The van der Waals surface area contributed by atoms with Crippen molar-refractivity contribution in [2.45, 2.75) is 26.2 Å². The molecule has 0 spiro atoms. The monoisotopic (exact) mass is 283 g/mol. The number of hydrogen-bond donors (Lipinski definition) is 0. The number of rotatable bonds is 1. The highest BCUT2D eigenvalue weighted by atomic mass is 32.1. The number of hydrogen-bond acceptors (Lipinski definition) is 5. The first-order valence-electron chi connectivity index (χ1n) is 6.21. The second-order valence-electron chi connectivity index (χ2n) is 5.51. The fraction of sp³-hybridized carbons (Fsp3) is 0.286. The third-order valence-corrected chi connectivity index (χ3v) is 4.22. The minimum atomic E-state index is -0.0490. The van der Waals surface area contributed by atoms with Crippen LogP contribution in [0.4, 0.5) is 0 Å². The zero-order valence-electron chi connectivity index (χ0n) is 11.5. The fourth-order valence-electron chi connectivity index (χ4n) is 1.86. The molecule has 3 aromatic rings. The lowest BCUT2D eigenvalue weighted by Gasteiger charge is -2.12. The first kappa shape index (κ1) is 12.8. The highest BCUT2D eigenvalue weighted by molar-refractivity contribution is 7.16. The van der Waals surface area contributed by atoms with Crippen LogP contribution < -0.4 is 0 Å². The number of fused-ring (bicyclic) bond motifs is 1. The Morgan fingerprint density at radius 3 is 2.75 bits per heavy atom. The molecular weight excluding hydrogens is 270 g/mol. The molecule has 5 nitrogen and oxygen atoms in total. The van der Waals surface area contributed by atoms with Gasteiger partial charge in [-0.15, -0.1) is 0 Å². The molecule has 0 aromatic carbocycles. The highest BCUT2D eigenvalue weighted by Gasteiger charge is 2.23. The van der Waals surface area contributed by atoms with Crippen molar-refractivity contribution in [3.05, 3.63) is 35.2 Å². The quantitative estimate of drug-likeness (QED) is 0.688. The van der Waals surface area contributed by atoms with Crippen LogP contribution in [0.3, 0.4) is 0 Å². The zero-order chi connectivity index (χ0) is 14.3. The van der Waals surface area contributed by atoms with Crippen LogP contribution in [0.15, 0.2) is 24.5 Å². The molecule has 3 rings (SSSR count). The van der Waals surface area contributed by atoms with E-state index in [1.807, 2.05) is 12.1 Å². The van der Waals surface area contributed by atoms with Crippen LogP contribution in [0.2, 0.25) is 0 Å². The van der Waals surface area contributed by atoms with E-state index < -0.39 is 0 Å². The Kier molecular flexibility index (Phi) is 2.80. The van der Waals surface area contributed by atoms with E-state index in [0.717, 1.165) is 15.5 Å². The molecule has 0 amide bonds. The van der Waals surface area contributed by atoms with Crippen molar-refractivity contribution < 1.29 is 0 Å². The van der Waals surface area contributed by atoms with E-state index in [4.69, 9.17) is 0 Å². The van der Waals surface area contributed by atoms with E-state index >= 15 is 0 Å². The van der Waals surface area contributed by atoms with Crippen molar-refractivity contribution in [1.29, 1.82) is 5.26 Å². The summed E-state index contributed by atoms with van der Waals surface area (Å²) in [6, 6.07) is 5.92. The van der Waals surface area contributed by atoms with Gasteiger partial charge in [-0.05, 0) is 12.1 Å². The molecule has 0 atom stereocenters. The summed E-state index contributed by atoms with van der Waals surface area (Å²) >= 11 is 1.52. The van der Waals surface area contributed by atoms with Crippen LogP contribution >= 0.6 is 11.3 Å². The van der Waals surface area contributed by atoms with Crippen molar-refractivity contribution in [2.24, 2.45) is 0 Å². The van der Waals surface area contributed by atoms with Crippen molar-refractivity contribution in [1.82, 2.24) is 19.6 Å². The molecular formula is C14H13N5S. The molecule has 6 heteroatoms. The molecule has 0 aliphatic heterocycles. The van der Waals surface area contributed by atoms with Crippen molar-refractivity contribution in [2.75, 3.05) is 0 Å². The van der Waals surface area contributed by atoms with Crippen LogP contribution in [-0.4, -0.2) is 19.6 Å². The maximum atomic E-state index is 9.41. The van der Waals surface area contributed by atoms with Gasteiger partial charge in [0, 0.05) is 23.4 Å². The number of pyridine rings is 1. The average Bonchev–Trinajstić information content (AvgIpc) is 2.96. The van der Waals surface area contributed by atoms with E-state index in [2.05, 4.69) is 41.9 Å². The maximum absolute atomic E-state index is 9.41. The lowest BCUT2D eigenvalue weighted by Crippen LogP contribution is -2.11. The normalized spacial score (nSPS) is 11.7. The van der Waals surface area contributed by atoms with Gasteiger partial charge in [-0.3, -0.25) is 4.98 Å². The summed E-state index contributed by atoms with van der Waals surface area (Å²) in [6.45, 7) is 6.29. The van der Waals surface area contributed by atoms with E-state index in [0.29, 0.717) is 11.4 Å². The third kappa shape index (κ3) is 1.96. The summed E-state index contributed by atoms with van der Waals surface area (Å²) in [4.78, 5) is 9.36. The second kappa shape index (κ2) is 4.39. The first-order chi connectivity index (χ1) is 9.50. The molecule has 0 saturated carbocycles. The van der Waals surface area contributed by atoms with Gasteiger partial charge in [-0.25, -0.2) is 4.98 Å². The summed E-state index contributed by atoms with van der Waals surface area (Å²) < 4.78 is 1.63. The number of imidazole rings is 1. The third-order valence-electron chi connectivity index (χ3n) is 2.89. The topological polar surface area (TPSA) is 66.9 Å². The molecule has 0 aliphatic carbocycles. The Morgan fingerprint density at radius 2 is 2.15 bits per heavy atom.